The van der Waals surface area contributed by atoms with E-state index in [4.69, 9.17) is 41.2 Å². The van der Waals surface area contributed by atoms with Gasteiger partial charge in [0.1, 0.15) is 5.76 Å². The Bertz CT molecular complexity index is 944. The van der Waals surface area contributed by atoms with E-state index in [-0.39, 0.29) is 11.8 Å². The minimum Gasteiger partial charge on any atom is -0.504 e. The van der Waals surface area contributed by atoms with Gasteiger partial charge in [0.25, 0.3) is 0 Å². The molecular weight excluding hydrogens is 462 g/mol. The van der Waals surface area contributed by atoms with Crippen LogP contribution in [0.3, 0.4) is 0 Å². The standard InChI is InChI=1S/C15H18ClNO3.C6H8O7/c1-10(14-5-4-6-20-14)17(2)9-11-7-15(19-3)13(18)8-12(11)16;7-3(8)1-6(13,5(11)12)2-4(9)10/h4-8,10,18H,9H2,1-3H3;13H,1-2H2,(H,7,8)(H,9,10)(H,11,12). The Labute approximate surface area is 194 Å². The molecule has 1 unspecified atom stereocenters. The molecule has 33 heavy (non-hydrogen) atoms. The normalized spacial score (nSPS) is 11.9. The Hall–Kier alpha value is -3.28. The molecule has 0 bridgehead atoms. The number of carboxylic acids is 3. The summed E-state index contributed by atoms with van der Waals surface area (Å²) in [6, 6.07) is 7.20. The molecular formula is C21H26ClNO10. The van der Waals surface area contributed by atoms with Crippen LogP contribution in [0.15, 0.2) is 34.9 Å². The lowest BCUT2D eigenvalue weighted by atomic mass is 9.96. The van der Waals surface area contributed by atoms with E-state index in [0.29, 0.717) is 17.3 Å². The number of phenolic OH excluding ortho intramolecular Hbond substituents is 1. The predicted molar refractivity (Wildman–Crippen MR) is 115 cm³/mol. The number of nitrogens with zero attached hydrogens (tertiary/aromatic N) is 1. The molecule has 1 atom stereocenters. The molecule has 0 aliphatic rings. The van der Waals surface area contributed by atoms with Crippen LogP contribution in [0.1, 0.15) is 37.1 Å². The highest BCUT2D eigenvalue weighted by Crippen LogP contribution is 2.33. The van der Waals surface area contributed by atoms with Gasteiger partial charge in [0.05, 0.1) is 32.3 Å². The SMILES string of the molecule is COc1cc(CN(C)C(C)c2ccco2)c(Cl)cc1O.O=C(O)CC(O)(CC(=O)O)C(=O)O. The van der Waals surface area contributed by atoms with Gasteiger partial charge in [-0.15, -0.1) is 0 Å². The van der Waals surface area contributed by atoms with E-state index >= 15 is 0 Å². The van der Waals surface area contributed by atoms with Gasteiger partial charge in [-0.25, -0.2) is 4.79 Å². The lowest BCUT2D eigenvalue weighted by Crippen LogP contribution is -2.42. The summed E-state index contributed by atoms with van der Waals surface area (Å²) in [5, 5.41) is 44.0. The molecule has 0 spiro atoms. The number of ether oxygens (including phenoxy) is 1. The number of hydrogen-bond acceptors (Lipinski definition) is 8. The summed E-state index contributed by atoms with van der Waals surface area (Å²) in [6.07, 6.45) is -0.625. The van der Waals surface area contributed by atoms with E-state index in [0.717, 1.165) is 11.3 Å². The summed E-state index contributed by atoms with van der Waals surface area (Å²) in [7, 11) is 3.50. The second-order valence-corrected chi connectivity index (χ2v) is 7.61. The third-order valence-corrected chi connectivity index (χ3v) is 5.02. The summed E-state index contributed by atoms with van der Waals surface area (Å²) in [6.45, 7) is 2.68. The van der Waals surface area contributed by atoms with Crippen molar-refractivity contribution >= 4 is 29.5 Å². The number of carbonyl (C=O) groups is 3. The topological polar surface area (TPSA) is 178 Å². The zero-order valence-electron chi connectivity index (χ0n) is 18.2. The summed E-state index contributed by atoms with van der Waals surface area (Å²) in [5.74, 6) is -3.66. The maximum atomic E-state index is 10.3. The van der Waals surface area contributed by atoms with Crippen molar-refractivity contribution in [1.29, 1.82) is 0 Å². The Morgan fingerprint density at radius 1 is 1.18 bits per heavy atom. The maximum absolute atomic E-state index is 10.3. The molecule has 1 aromatic carbocycles. The molecule has 0 fully saturated rings. The molecule has 0 aliphatic heterocycles. The third-order valence-electron chi connectivity index (χ3n) is 4.67. The number of methoxy groups -OCH3 is 1. The molecule has 0 saturated carbocycles. The molecule has 0 amide bonds. The second kappa shape index (κ2) is 12.1. The number of aromatic hydroxyl groups is 1. The Morgan fingerprint density at radius 3 is 2.18 bits per heavy atom. The first kappa shape index (κ1) is 27.8. The van der Waals surface area contributed by atoms with Crippen LogP contribution in [0.25, 0.3) is 0 Å². The van der Waals surface area contributed by atoms with E-state index < -0.39 is 36.4 Å². The van der Waals surface area contributed by atoms with Gasteiger partial charge in [0, 0.05) is 17.6 Å². The summed E-state index contributed by atoms with van der Waals surface area (Å²) in [5.41, 5.74) is -1.85. The van der Waals surface area contributed by atoms with Crippen LogP contribution >= 0.6 is 11.6 Å². The number of furan rings is 1. The zero-order valence-corrected chi connectivity index (χ0v) is 18.9. The minimum atomic E-state index is -2.74. The van der Waals surface area contributed by atoms with E-state index in [9.17, 15) is 19.5 Å². The van der Waals surface area contributed by atoms with E-state index in [1.54, 1.807) is 12.3 Å². The smallest absolute Gasteiger partial charge is 0.336 e. The zero-order chi connectivity index (χ0) is 25.3. The highest BCUT2D eigenvalue weighted by atomic mass is 35.5. The molecule has 1 heterocycles. The van der Waals surface area contributed by atoms with Crippen LogP contribution in [0.5, 0.6) is 11.5 Å². The Kier molecular flexibility index (Phi) is 10.2. The summed E-state index contributed by atoms with van der Waals surface area (Å²) in [4.78, 5) is 32.6. The van der Waals surface area contributed by atoms with Crippen molar-refractivity contribution in [3.63, 3.8) is 0 Å². The van der Waals surface area contributed by atoms with Gasteiger partial charge >= 0.3 is 17.9 Å². The number of rotatable bonds is 10. The van der Waals surface area contributed by atoms with Crippen molar-refractivity contribution < 1.29 is 49.1 Å². The van der Waals surface area contributed by atoms with Gasteiger partial charge in [-0.1, -0.05) is 11.6 Å². The van der Waals surface area contributed by atoms with Crippen molar-refractivity contribution in [3.8, 4) is 11.5 Å². The quantitative estimate of drug-likeness (QED) is 0.332. The molecule has 2 rings (SSSR count). The molecule has 0 radical (unpaired) electrons. The monoisotopic (exact) mass is 487 g/mol. The molecule has 1 aromatic heterocycles. The van der Waals surface area contributed by atoms with E-state index in [2.05, 4.69) is 11.8 Å². The fourth-order valence-electron chi connectivity index (χ4n) is 2.74. The number of carboxylic acid groups (broad SMARTS) is 3. The highest BCUT2D eigenvalue weighted by Gasteiger charge is 2.40. The van der Waals surface area contributed by atoms with Crippen molar-refractivity contribution in [1.82, 2.24) is 4.90 Å². The minimum absolute atomic E-state index is 0.0444. The lowest BCUT2D eigenvalue weighted by molar-refractivity contribution is -0.170. The molecule has 2 aromatic rings. The number of phenols is 1. The number of aliphatic hydroxyl groups is 1. The number of benzene rings is 1. The molecule has 11 nitrogen and oxygen atoms in total. The van der Waals surface area contributed by atoms with Crippen LogP contribution in [-0.4, -0.2) is 68.1 Å². The lowest BCUT2D eigenvalue weighted by Gasteiger charge is -2.23. The molecule has 0 saturated heterocycles. The van der Waals surface area contributed by atoms with Crippen molar-refractivity contribution in [2.45, 2.75) is 38.0 Å². The first-order valence-corrected chi connectivity index (χ1v) is 9.87. The summed E-state index contributed by atoms with van der Waals surface area (Å²) >= 11 is 6.17. The second-order valence-electron chi connectivity index (χ2n) is 7.20. The summed E-state index contributed by atoms with van der Waals surface area (Å²) < 4.78 is 10.5. The van der Waals surface area contributed by atoms with Crippen molar-refractivity contribution in [2.75, 3.05) is 14.2 Å². The first-order valence-electron chi connectivity index (χ1n) is 9.49. The first-order chi connectivity index (χ1) is 15.3. The van der Waals surface area contributed by atoms with Gasteiger partial charge in [-0.3, -0.25) is 14.5 Å². The molecule has 12 heteroatoms. The maximum Gasteiger partial charge on any atom is 0.336 e. The van der Waals surface area contributed by atoms with Gasteiger partial charge in [-0.2, -0.15) is 0 Å². The third kappa shape index (κ3) is 8.29. The highest BCUT2D eigenvalue weighted by molar-refractivity contribution is 6.31. The Morgan fingerprint density at radius 2 is 1.76 bits per heavy atom. The molecule has 182 valence electrons. The number of halogens is 1. The molecule has 0 aliphatic carbocycles. The number of aliphatic carboxylic acids is 3. The fraction of sp³-hybridized carbons (Fsp3) is 0.381. The predicted octanol–water partition coefficient (Wildman–Crippen LogP) is 2.59. The number of hydrogen-bond donors (Lipinski definition) is 5. The van der Waals surface area contributed by atoms with Crippen LogP contribution in [-0.2, 0) is 20.9 Å². The average molecular weight is 488 g/mol. The van der Waals surface area contributed by atoms with E-state index in [1.807, 2.05) is 19.2 Å². The van der Waals surface area contributed by atoms with Crippen LogP contribution in [0, 0.1) is 0 Å². The largest absolute Gasteiger partial charge is 0.504 e. The average Bonchev–Trinajstić information content (AvgIpc) is 3.23. The van der Waals surface area contributed by atoms with Gasteiger partial charge in [0.2, 0.25) is 0 Å². The van der Waals surface area contributed by atoms with Crippen molar-refractivity contribution in [2.24, 2.45) is 0 Å². The van der Waals surface area contributed by atoms with E-state index in [1.165, 1.54) is 13.2 Å². The van der Waals surface area contributed by atoms with Gasteiger partial charge in [0.15, 0.2) is 17.1 Å². The van der Waals surface area contributed by atoms with Crippen LogP contribution < -0.4 is 4.74 Å². The van der Waals surface area contributed by atoms with Crippen LogP contribution in [0.4, 0.5) is 0 Å². The van der Waals surface area contributed by atoms with Gasteiger partial charge in [-0.05, 0) is 37.7 Å². The van der Waals surface area contributed by atoms with Crippen LogP contribution in [0.2, 0.25) is 5.02 Å². The molecule has 5 N–H and O–H groups in total. The Balaban J connectivity index is 0.000000366. The van der Waals surface area contributed by atoms with Gasteiger partial charge < -0.3 is 34.7 Å². The fourth-order valence-corrected chi connectivity index (χ4v) is 2.95. The van der Waals surface area contributed by atoms with Crippen molar-refractivity contribution in [3.05, 3.63) is 46.9 Å².